The summed E-state index contributed by atoms with van der Waals surface area (Å²) in [5, 5.41) is 0. The zero-order valence-corrected chi connectivity index (χ0v) is 8.18. The van der Waals surface area contributed by atoms with E-state index in [1.807, 2.05) is 24.7 Å². The van der Waals surface area contributed by atoms with Crippen LogP contribution in [0.4, 0.5) is 0 Å². The fourth-order valence-electron chi connectivity index (χ4n) is 0.775. The van der Waals surface area contributed by atoms with Gasteiger partial charge in [-0.3, -0.25) is 0 Å². The van der Waals surface area contributed by atoms with E-state index in [4.69, 9.17) is 11.1 Å². The number of halogens is 1. The molecule has 0 saturated carbocycles. The van der Waals surface area contributed by atoms with Crippen molar-refractivity contribution in [2.24, 2.45) is 0 Å². The first kappa shape index (κ1) is 8.56. The molecule has 0 aliphatic heterocycles. The number of benzene rings is 1. The van der Waals surface area contributed by atoms with Crippen molar-refractivity contribution in [3.63, 3.8) is 0 Å². The summed E-state index contributed by atoms with van der Waals surface area (Å²) in [5.41, 5.74) is 3.29. The normalized spacial score (nSPS) is 11.2. The van der Waals surface area contributed by atoms with E-state index in [0.29, 0.717) is 0 Å². The predicted octanol–water partition coefficient (Wildman–Crippen LogP) is 3.10. The van der Waals surface area contributed by atoms with E-state index in [2.05, 4.69) is 23.9 Å². The molecule has 1 rings (SSSR count). The number of hydrogen-bond donors (Lipinski definition) is 0. The van der Waals surface area contributed by atoms with Crippen LogP contribution in [0.2, 0.25) is 6.55 Å². The molecule has 57 valence electrons. The molecule has 0 amide bonds. The van der Waals surface area contributed by atoms with E-state index in [-0.39, 0.29) is 0 Å². The van der Waals surface area contributed by atoms with Gasteiger partial charge in [-0.15, -0.1) is 0 Å². The third-order valence-electron chi connectivity index (χ3n) is 1.31. The molecule has 0 spiro atoms. The summed E-state index contributed by atoms with van der Waals surface area (Å²) in [7, 11) is -0.741. The molecular formula is C9H10ClSi. The zero-order valence-electron chi connectivity index (χ0n) is 6.42. The molecular weight excluding hydrogens is 172 g/mol. The molecule has 0 fully saturated rings. The van der Waals surface area contributed by atoms with Crippen LogP contribution in [0.5, 0.6) is 0 Å². The molecule has 2 heteroatoms. The van der Waals surface area contributed by atoms with Crippen molar-refractivity contribution >= 4 is 25.3 Å². The molecule has 0 heterocycles. The van der Waals surface area contributed by atoms with Crippen molar-refractivity contribution in [3.8, 4) is 0 Å². The second kappa shape index (κ2) is 4.37. The second-order valence-electron chi connectivity index (χ2n) is 2.33. The number of hydrogen-bond acceptors (Lipinski definition) is 0. The van der Waals surface area contributed by atoms with Gasteiger partial charge in [0.05, 0.1) is 0 Å². The van der Waals surface area contributed by atoms with Crippen LogP contribution >= 0.6 is 11.1 Å². The van der Waals surface area contributed by atoms with Crippen LogP contribution in [0.25, 0.3) is 6.08 Å². The van der Waals surface area contributed by atoms with Crippen molar-refractivity contribution in [3.05, 3.63) is 41.6 Å². The minimum Gasteiger partial charge on any atom is -0.164 e. The Balaban J connectivity index is 2.65. The molecule has 11 heavy (non-hydrogen) atoms. The standard InChI is InChI=1S/C9H10ClSi/c1-11(10)8-7-9-5-3-2-4-6-9/h2-8H,1H3/b8-7+. The van der Waals surface area contributed by atoms with Crippen LogP contribution in [-0.2, 0) is 0 Å². The molecule has 0 nitrogen and oxygen atoms in total. The summed E-state index contributed by atoms with van der Waals surface area (Å²) in [6.45, 7) is 2.05. The van der Waals surface area contributed by atoms with Gasteiger partial charge < -0.3 is 0 Å². The van der Waals surface area contributed by atoms with Crippen molar-refractivity contribution in [1.82, 2.24) is 0 Å². The molecule has 0 N–H and O–H groups in total. The maximum Gasteiger partial charge on any atom is 0.188 e. The molecule has 1 aromatic carbocycles. The molecule has 0 aliphatic carbocycles. The Morgan fingerprint density at radius 3 is 2.45 bits per heavy atom. The van der Waals surface area contributed by atoms with Crippen molar-refractivity contribution in [2.75, 3.05) is 0 Å². The van der Waals surface area contributed by atoms with Crippen LogP contribution in [0.3, 0.4) is 0 Å². The van der Waals surface area contributed by atoms with Gasteiger partial charge in [-0.1, -0.05) is 48.7 Å². The first-order valence-electron chi connectivity index (χ1n) is 3.51. The monoisotopic (exact) mass is 181 g/mol. The summed E-state index contributed by atoms with van der Waals surface area (Å²) in [5.74, 6) is 0. The first-order valence-corrected chi connectivity index (χ1v) is 6.60. The Morgan fingerprint density at radius 2 is 1.91 bits per heavy atom. The molecule has 0 aliphatic rings. The maximum absolute atomic E-state index is 5.84. The Morgan fingerprint density at radius 1 is 1.27 bits per heavy atom. The molecule has 0 saturated heterocycles. The summed E-state index contributed by atoms with van der Waals surface area (Å²) >= 11 is 5.84. The Hall–Kier alpha value is -0.533. The molecule has 0 atom stereocenters. The summed E-state index contributed by atoms with van der Waals surface area (Å²) in [6.07, 6.45) is 2.07. The third-order valence-corrected chi connectivity index (χ3v) is 2.31. The fourth-order valence-corrected chi connectivity index (χ4v) is 1.39. The first-order chi connectivity index (χ1) is 5.29. The molecule has 1 aromatic rings. The maximum atomic E-state index is 5.84. The molecule has 0 unspecified atom stereocenters. The Bertz CT molecular complexity index is 229. The van der Waals surface area contributed by atoms with Crippen LogP contribution in [0, 0.1) is 0 Å². The summed E-state index contributed by atoms with van der Waals surface area (Å²) < 4.78 is 0. The Labute approximate surface area is 73.8 Å². The fraction of sp³-hybridized carbons (Fsp3) is 0.111. The minimum absolute atomic E-state index is 0.741. The lowest BCUT2D eigenvalue weighted by Gasteiger charge is -1.90. The number of rotatable bonds is 2. The highest BCUT2D eigenvalue weighted by atomic mass is 35.6. The molecule has 0 bridgehead atoms. The van der Waals surface area contributed by atoms with Crippen molar-refractivity contribution in [1.29, 1.82) is 0 Å². The van der Waals surface area contributed by atoms with Gasteiger partial charge in [0.2, 0.25) is 0 Å². The van der Waals surface area contributed by atoms with Gasteiger partial charge in [0, 0.05) is 0 Å². The minimum atomic E-state index is -0.741. The summed E-state index contributed by atoms with van der Waals surface area (Å²) in [6, 6.07) is 10.2. The van der Waals surface area contributed by atoms with E-state index < -0.39 is 8.11 Å². The zero-order chi connectivity index (χ0) is 8.10. The van der Waals surface area contributed by atoms with Crippen LogP contribution in [0.15, 0.2) is 36.0 Å². The van der Waals surface area contributed by atoms with E-state index in [9.17, 15) is 0 Å². The van der Waals surface area contributed by atoms with Gasteiger partial charge >= 0.3 is 0 Å². The topological polar surface area (TPSA) is 0 Å². The highest BCUT2D eigenvalue weighted by molar-refractivity contribution is 7.09. The average Bonchev–Trinajstić information content (AvgIpc) is 2.03. The van der Waals surface area contributed by atoms with E-state index in [0.717, 1.165) is 0 Å². The lowest BCUT2D eigenvalue weighted by atomic mass is 10.2. The quantitative estimate of drug-likeness (QED) is 0.486. The van der Waals surface area contributed by atoms with E-state index >= 15 is 0 Å². The van der Waals surface area contributed by atoms with Gasteiger partial charge in [0.1, 0.15) is 0 Å². The lowest BCUT2D eigenvalue weighted by Crippen LogP contribution is -1.87. The Kier molecular flexibility index (Phi) is 3.40. The lowest BCUT2D eigenvalue weighted by molar-refractivity contribution is 1.66. The molecule has 0 aromatic heterocycles. The predicted molar refractivity (Wildman–Crippen MR) is 52.9 cm³/mol. The third kappa shape index (κ3) is 3.40. The smallest absolute Gasteiger partial charge is 0.164 e. The highest BCUT2D eigenvalue weighted by Gasteiger charge is 1.90. The van der Waals surface area contributed by atoms with Crippen molar-refractivity contribution < 1.29 is 0 Å². The SMILES string of the molecule is C[Si](Cl)/C=C/c1ccccc1. The van der Waals surface area contributed by atoms with E-state index in [1.54, 1.807) is 0 Å². The van der Waals surface area contributed by atoms with Crippen LogP contribution < -0.4 is 0 Å². The largest absolute Gasteiger partial charge is 0.188 e. The average molecular weight is 182 g/mol. The van der Waals surface area contributed by atoms with Gasteiger partial charge in [-0.05, 0) is 5.56 Å². The van der Waals surface area contributed by atoms with Crippen LogP contribution in [-0.4, -0.2) is 8.11 Å². The second-order valence-corrected chi connectivity index (χ2v) is 5.63. The van der Waals surface area contributed by atoms with Gasteiger partial charge in [-0.25, -0.2) is 0 Å². The van der Waals surface area contributed by atoms with E-state index in [1.165, 1.54) is 5.56 Å². The van der Waals surface area contributed by atoms with Gasteiger partial charge in [-0.2, -0.15) is 11.1 Å². The summed E-state index contributed by atoms with van der Waals surface area (Å²) in [4.78, 5) is 0. The van der Waals surface area contributed by atoms with Gasteiger partial charge in [0.15, 0.2) is 8.11 Å². The van der Waals surface area contributed by atoms with Gasteiger partial charge in [0.25, 0.3) is 0 Å². The molecule has 1 radical (unpaired) electrons. The van der Waals surface area contributed by atoms with Crippen LogP contribution in [0.1, 0.15) is 5.56 Å². The highest BCUT2D eigenvalue weighted by Crippen LogP contribution is 2.02. The van der Waals surface area contributed by atoms with Crippen molar-refractivity contribution in [2.45, 2.75) is 6.55 Å².